The van der Waals surface area contributed by atoms with Crippen molar-refractivity contribution in [2.45, 2.75) is 130 Å². The number of aliphatic hydroxyl groups excluding tert-OH is 12. The van der Waals surface area contributed by atoms with Crippen LogP contribution in [0.25, 0.3) is 0 Å². The molecule has 4 aliphatic heterocycles. The van der Waals surface area contributed by atoms with Gasteiger partial charge in [0.25, 0.3) is 0 Å². The molecule has 0 spiro atoms. The van der Waals surface area contributed by atoms with Crippen molar-refractivity contribution in [3.8, 4) is 0 Å². The molecule has 45 heavy (non-hydrogen) atoms. The van der Waals surface area contributed by atoms with E-state index in [1.807, 2.05) is 0 Å². The first-order chi connectivity index (χ1) is 21.1. The highest BCUT2D eigenvalue weighted by Gasteiger charge is 2.55. The lowest BCUT2D eigenvalue weighted by Gasteiger charge is -2.47. The quantitative estimate of drug-likeness (QED) is 0.109. The Bertz CT molecular complexity index is 973. The zero-order chi connectivity index (χ0) is 33.5. The zero-order valence-electron chi connectivity index (χ0n) is 23.5. The molecule has 0 aromatic carbocycles. The number of carbonyl (C=O) groups is 1. The van der Waals surface area contributed by atoms with Crippen molar-refractivity contribution in [2.24, 2.45) is 0 Å². The van der Waals surface area contributed by atoms with E-state index in [9.17, 15) is 71.2 Å². The first kappa shape index (κ1) is 36.5. The van der Waals surface area contributed by atoms with Crippen molar-refractivity contribution in [2.75, 3.05) is 13.2 Å². The number of hydrogen-bond donors (Lipinski definition) is 13. The van der Waals surface area contributed by atoms with Crippen LogP contribution in [0.15, 0.2) is 0 Å². The molecule has 0 radical (unpaired) electrons. The molecular formula is C24H40O21. The summed E-state index contributed by atoms with van der Waals surface area (Å²) in [6.45, 7) is -0.196. The molecule has 13 N–H and O–H groups in total. The summed E-state index contributed by atoms with van der Waals surface area (Å²) in [6, 6.07) is 0. The van der Waals surface area contributed by atoms with Gasteiger partial charge in [0.2, 0.25) is 0 Å². The molecule has 0 aliphatic carbocycles. The number of rotatable bonds is 9. The lowest BCUT2D eigenvalue weighted by molar-refractivity contribution is -0.385. The molecule has 21 nitrogen and oxygen atoms in total. The zero-order valence-corrected chi connectivity index (χ0v) is 23.5. The lowest BCUT2D eigenvalue weighted by Crippen LogP contribution is -2.67. The van der Waals surface area contributed by atoms with Crippen molar-refractivity contribution >= 4 is 5.97 Å². The van der Waals surface area contributed by atoms with Crippen LogP contribution in [0.5, 0.6) is 0 Å². The standard InChI is InChI=1S/C24H40O21/c1-4-7(26)10(29)14(33)23(40-4)45-19-17(16(35)18(20(36)37)43-21(19)38)44-24-15(34)12(31)9(28)6(42-24)3-39-22-13(32)11(30)8(27)5(2-25)41-22/h4-19,21-35,38H,2-3H2,1H3,(H,36,37)/t4-,5+,6+,7-,8+,9-,10+,11-,12-,13+,14+,15+,16-,17-,18-,19+,21?,22+,23-,24-/m0/s1. The normalized spacial score (nSPS) is 52.8. The van der Waals surface area contributed by atoms with E-state index in [0.717, 1.165) is 0 Å². The number of carboxylic acids is 1. The Kier molecular flexibility index (Phi) is 12.1. The Morgan fingerprint density at radius 3 is 1.64 bits per heavy atom. The van der Waals surface area contributed by atoms with Crippen molar-refractivity contribution < 1.29 is 104 Å². The number of hydrogen-bond acceptors (Lipinski definition) is 20. The predicted octanol–water partition coefficient (Wildman–Crippen LogP) is -8.63. The molecule has 262 valence electrons. The maximum atomic E-state index is 11.7. The van der Waals surface area contributed by atoms with E-state index in [1.165, 1.54) is 6.92 Å². The average molecular weight is 665 g/mol. The molecule has 0 amide bonds. The fourth-order valence-corrected chi connectivity index (χ4v) is 5.34. The fourth-order valence-electron chi connectivity index (χ4n) is 5.34. The summed E-state index contributed by atoms with van der Waals surface area (Å²) in [4.78, 5) is 11.7. The third-order valence-corrected chi connectivity index (χ3v) is 8.11. The topological polar surface area (TPSA) is 345 Å². The molecule has 21 heteroatoms. The average Bonchev–Trinajstić information content (AvgIpc) is 3.00. The van der Waals surface area contributed by atoms with Gasteiger partial charge in [-0.1, -0.05) is 0 Å². The molecule has 4 saturated heterocycles. The van der Waals surface area contributed by atoms with Crippen LogP contribution in [-0.4, -0.2) is 208 Å². The largest absolute Gasteiger partial charge is 0.479 e. The SMILES string of the molecule is C[C@@H]1O[C@@H](O[C@H]2C(O)O[C@H](C(=O)O)[C@@H](O)[C@@H]2O[C@@H]2O[C@H](CO[C@@H]3O[C@H](CO)[C@@H](O)[C@H](O)[C@H]3O)[C@H](O)[C@H](O)[C@H]2O)[C@H](O)[C@H](O)[C@H]1O. The minimum absolute atomic E-state index is 0.746. The highest BCUT2D eigenvalue weighted by atomic mass is 16.8. The van der Waals surface area contributed by atoms with Gasteiger partial charge >= 0.3 is 5.97 Å². The summed E-state index contributed by atoms with van der Waals surface area (Å²) in [7, 11) is 0. The molecule has 4 heterocycles. The van der Waals surface area contributed by atoms with Crippen LogP contribution in [0.4, 0.5) is 0 Å². The Hall–Kier alpha value is -1.29. The summed E-state index contributed by atoms with van der Waals surface area (Å²) < 4.78 is 37.4. The molecular weight excluding hydrogens is 624 g/mol. The molecule has 4 rings (SSSR count). The summed E-state index contributed by atoms with van der Waals surface area (Å²) >= 11 is 0. The minimum Gasteiger partial charge on any atom is -0.479 e. The third kappa shape index (κ3) is 7.41. The van der Waals surface area contributed by atoms with Crippen molar-refractivity contribution in [1.82, 2.24) is 0 Å². The second kappa shape index (κ2) is 14.9. The van der Waals surface area contributed by atoms with E-state index in [1.54, 1.807) is 0 Å². The maximum Gasteiger partial charge on any atom is 0.335 e. The van der Waals surface area contributed by atoms with Gasteiger partial charge < -0.3 is 99.5 Å². The number of aliphatic carboxylic acids is 1. The van der Waals surface area contributed by atoms with E-state index in [-0.39, 0.29) is 0 Å². The minimum atomic E-state index is -2.21. The Balaban J connectivity index is 1.51. The van der Waals surface area contributed by atoms with Crippen LogP contribution in [0.3, 0.4) is 0 Å². The van der Waals surface area contributed by atoms with E-state index < -0.39 is 142 Å². The van der Waals surface area contributed by atoms with Gasteiger partial charge in [0.15, 0.2) is 31.3 Å². The van der Waals surface area contributed by atoms with Gasteiger partial charge in [-0.2, -0.15) is 0 Å². The molecule has 4 fully saturated rings. The predicted molar refractivity (Wildman–Crippen MR) is 133 cm³/mol. The summed E-state index contributed by atoms with van der Waals surface area (Å²) in [6.07, 6.45) is -36.7. The molecule has 1 unspecified atom stereocenters. The van der Waals surface area contributed by atoms with Crippen LogP contribution in [0.1, 0.15) is 6.92 Å². The van der Waals surface area contributed by atoms with Crippen LogP contribution >= 0.6 is 0 Å². The van der Waals surface area contributed by atoms with Gasteiger partial charge in [-0.3, -0.25) is 0 Å². The van der Waals surface area contributed by atoms with Gasteiger partial charge in [0, 0.05) is 0 Å². The number of aliphatic hydroxyl groups is 12. The summed E-state index contributed by atoms with van der Waals surface area (Å²) in [5.74, 6) is -1.76. The Labute approximate surface area is 253 Å². The summed E-state index contributed by atoms with van der Waals surface area (Å²) in [5, 5.41) is 132. The third-order valence-electron chi connectivity index (χ3n) is 8.11. The number of carboxylic acid groups (broad SMARTS) is 1. The second-order valence-electron chi connectivity index (χ2n) is 11.2. The molecule has 0 saturated carbocycles. The highest BCUT2D eigenvalue weighted by molar-refractivity contribution is 5.73. The van der Waals surface area contributed by atoms with Crippen LogP contribution < -0.4 is 0 Å². The second-order valence-corrected chi connectivity index (χ2v) is 11.2. The van der Waals surface area contributed by atoms with Crippen LogP contribution in [0.2, 0.25) is 0 Å². The van der Waals surface area contributed by atoms with Gasteiger partial charge in [-0.25, -0.2) is 4.79 Å². The smallest absolute Gasteiger partial charge is 0.335 e. The maximum absolute atomic E-state index is 11.7. The molecule has 20 atom stereocenters. The van der Waals surface area contributed by atoms with Gasteiger partial charge in [-0.05, 0) is 6.92 Å². The fraction of sp³-hybridized carbons (Fsp3) is 0.958. The van der Waals surface area contributed by atoms with Crippen LogP contribution in [-0.2, 0) is 38.0 Å². The van der Waals surface area contributed by atoms with Crippen molar-refractivity contribution in [1.29, 1.82) is 0 Å². The summed E-state index contributed by atoms with van der Waals surface area (Å²) in [5.41, 5.74) is 0. The number of ether oxygens (including phenoxy) is 7. The Morgan fingerprint density at radius 2 is 1.07 bits per heavy atom. The lowest BCUT2D eigenvalue weighted by atomic mass is 9.96. The van der Waals surface area contributed by atoms with E-state index in [0.29, 0.717) is 0 Å². The van der Waals surface area contributed by atoms with Crippen molar-refractivity contribution in [3.05, 3.63) is 0 Å². The van der Waals surface area contributed by atoms with Gasteiger partial charge in [0.05, 0.1) is 19.3 Å². The Morgan fingerprint density at radius 1 is 0.578 bits per heavy atom. The van der Waals surface area contributed by atoms with Crippen molar-refractivity contribution in [3.63, 3.8) is 0 Å². The molecule has 0 aromatic rings. The first-order valence-electron chi connectivity index (χ1n) is 14.0. The molecule has 4 aliphatic rings. The molecule has 0 aromatic heterocycles. The monoisotopic (exact) mass is 664 g/mol. The van der Waals surface area contributed by atoms with Gasteiger partial charge in [-0.15, -0.1) is 0 Å². The highest BCUT2D eigenvalue weighted by Crippen LogP contribution is 2.33. The van der Waals surface area contributed by atoms with E-state index in [2.05, 4.69) is 0 Å². The van der Waals surface area contributed by atoms with Gasteiger partial charge in [0.1, 0.15) is 85.5 Å². The van der Waals surface area contributed by atoms with E-state index >= 15 is 0 Å². The molecule has 0 bridgehead atoms. The van der Waals surface area contributed by atoms with E-state index in [4.69, 9.17) is 33.2 Å². The first-order valence-corrected chi connectivity index (χ1v) is 14.0. The van der Waals surface area contributed by atoms with Crippen LogP contribution in [0, 0.1) is 0 Å².